The number of nitrogens with two attached hydrogens (primary N) is 1. The summed E-state index contributed by atoms with van der Waals surface area (Å²) in [7, 11) is 0. The summed E-state index contributed by atoms with van der Waals surface area (Å²) in [6, 6.07) is 5.51. The fraction of sp³-hybridized carbons (Fsp3) is 0.500. The molecule has 106 valence electrons. The summed E-state index contributed by atoms with van der Waals surface area (Å²) in [5.74, 6) is -0.0558. The third kappa shape index (κ3) is 6.54. The molecular weight excluding hydrogens is 372 g/mol. The second-order valence-electron chi connectivity index (χ2n) is 5.90. The van der Waals surface area contributed by atoms with Crippen LogP contribution in [0.15, 0.2) is 27.1 Å². The Morgan fingerprint density at radius 3 is 2.53 bits per heavy atom. The van der Waals surface area contributed by atoms with Crippen molar-refractivity contribution >= 4 is 43.5 Å². The highest BCUT2D eigenvalue weighted by Gasteiger charge is 2.18. The van der Waals surface area contributed by atoms with Crippen molar-refractivity contribution in [2.75, 3.05) is 5.32 Å². The molecule has 0 radical (unpaired) electrons. The lowest BCUT2D eigenvalue weighted by Crippen LogP contribution is -2.31. The van der Waals surface area contributed by atoms with Crippen LogP contribution in [0, 0.1) is 5.41 Å². The zero-order chi connectivity index (χ0) is 14.6. The summed E-state index contributed by atoms with van der Waals surface area (Å²) in [5.41, 5.74) is 6.89. The van der Waals surface area contributed by atoms with Gasteiger partial charge in [-0.25, -0.2) is 0 Å². The van der Waals surface area contributed by atoms with E-state index in [9.17, 15) is 4.79 Å². The lowest BCUT2D eigenvalue weighted by Gasteiger charge is -2.22. The molecule has 0 aliphatic heterocycles. The molecule has 0 aliphatic rings. The van der Waals surface area contributed by atoms with Gasteiger partial charge >= 0.3 is 0 Å². The third-order valence-electron chi connectivity index (χ3n) is 2.53. The van der Waals surface area contributed by atoms with Crippen molar-refractivity contribution in [3.8, 4) is 0 Å². The van der Waals surface area contributed by atoms with Crippen molar-refractivity contribution in [1.29, 1.82) is 0 Å². The molecule has 0 fully saturated rings. The Bertz CT molecular complexity index is 455. The number of nitrogens with one attached hydrogen (secondary N) is 1. The molecule has 1 aromatic carbocycles. The monoisotopic (exact) mass is 390 g/mol. The number of halogens is 2. The number of carbonyl (C=O) groups is 1. The third-order valence-corrected chi connectivity index (χ3v) is 3.68. The maximum absolute atomic E-state index is 11.9. The van der Waals surface area contributed by atoms with Crippen molar-refractivity contribution in [1.82, 2.24) is 0 Å². The van der Waals surface area contributed by atoms with E-state index in [-0.39, 0.29) is 17.4 Å². The zero-order valence-corrected chi connectivity index (χ0v) is 14.6. The molecule has 0 saturated heterocycles. The Balaban J connectivity index is 2.56. The van der Waals surface area contributed by atoms with Crippen LogP contribution in [-0.2, 0) is 4.79 Å². The number of hydrogen-bond acceptors (Lipinski definition) is 2. The predicted molar refractivity (Wildman–Crippen MR) is 87.1 cm³/mol. The molecule has 1 atom stereocenters. The van der Waals surface area contributed by atoms with Gasteiger partial charge in [-0.15, -0.1) is 0 Å². The van der Waals surface area contributed by atoms with Crippen molar-refractivity contribution in [3.63, 3.8) is 0 Å². The first-order valence-electron chi connectivity index (χ1n) is 6.18. The van der Waals surface area contributed by atoms with Crippen LogP contribution >= 0.6 is 31.9 Å². The fourth-order valence-electron chi connectivity index (χ4n) is 1.89. The van der Waals surface area contributed by atoms with Crippen molar-refractivity contribution < 1.29 is 4.79 Å². The van der Waals surface area contributed by atoms with Crippen molar-refractivity contribution in [3.05, 3.63) is 27.1 Å². The molecule has 19 heavy (non-hydrogen) atoms. The molecule has 1 unspecified atom stereocenters. The topological polar surface area (TPSA) is 55.1 Å². The van der Waals surface area contributed by atoms with Crippen LogP contribution in [0.1, 0.15) is 33.6 Å². The number of rotatable bonds is 4. The minimum Gasteiger partial charge on any atom is -0.327 e. The average Bonchev–Trinajstić information content (AvgIpc) is 2.19. The molecule has 3 N–H and O–H groups in total. The second-order valence-corrected chi connectivity index (χ2v) is 7.67. The maximum Gasteiger partial charge on any atom is 0.225 e. The van der Waals surface area contributed by atoms with Gasteiger partial charge in [0.25, 0.3) is 0 Å². The molecule has 0 spiro atoms. The molecule has 1 aromatic rings. The van der Waals surface area contributed by atoms with Crippen LogP contribution in [0.25, 0.3) is 0 Å². The standard InChI is InChI=1S/C14H20Br2N2O/c1-14(2,3)8-10(17)7-13(19)18-12-5-4-9(15)6-11(12)16/h4-6,10H,7-8,17H2,1-3H3,(H,18,19). The van der Waals surface area contributed by atoms with Crippen LogP contribution in [0.2, 0.25) is 0 Å². The van der Waals surface area contributed by atoms with Gasteiger partial charge in [-0.1, -0.05) is 36.7 Å². The van der Waals surface area contributed by atoms with E-state index >= 15 is 0 Å². The minimum absolute atomic E-state index is 0.0558. The first-order chi connectivity index (χ1) is 8.67. The molecule has 0 saturated carbocycles. The molecule has 0 aliphatic carbocycles. The van der Waals surface area contributed by atoms with Crippen LogP contribution in [-0.4, -0.2) is 11.9 Å². The number of amides is 1. The van der Waals surface area contributed by atoms with Crippen LogP contribution in [0.5, 0.6) is 0 Å². The number of anilines is 1. The average molecular weight is 392 g/mol. The summed E-state index contributed by atoms with van der Waals surface area (Å²) in [6.45, 7) is 6.36. The van der Waals surface area contributed by atoms with Gasteiger partial charge in [0.1, 0.15) is 0 Å². The van der Waals surface area contributed by atoms with Gasteiger partial charge in [-0.05, 0) is 46.0 Å². The number of hydrogen-bond donors (Lipinski definition) is 2. The molecule has 3 nitrogen and oxygen atoms in total. The Morgan fingerprint density at radius 2 is 2.00 bits per heavy atom. The summed E-state index contributed by atoms with van der Waals surface area (Å²) in [4.78, 5) is 11.9. The summed E-state index contributed by atoms with van der Waals surface area (Å²) < 4.78 is 1.81. The Kier molecular flexibility index (Phi) is 6.02. The molecule has 5 heteroatoms. The molecular formula is C14H20Br2N2O. The second kappa shape index (κ2) is 6.86. The zero-order valence-electron chi connectivity index (χ0n) is 11.5. The lowest BCUT2D eigenvalue weighted by atomic mass is 9.87. The number of carbonyl (C=O) groups excluding carboxylic acids is 1. The van der Waals surface area contributed by atoms with E-state index in [1.54, 1.807) is 0 Å². The van der Waals surface area contributed by atoms with E-state index in [0.717, 1.165) is 21.1 Å². The normalized spacial score (nSPS) is 13.2. The summed E-state index contributed by atoms with van der Waals surface area (Å²) in [5, 5.41) is 2.87. The van der Waals surface area contributed by atoms with Gasteiger partial charge in [0.05, 0.1) is 5.69 Å². The predicted octanol–water partition coefficient (Wildman–Crippen LogP) is 4.30. The summed E-state index contributed by atoms with van der Waals surface area (Å²) in [6.07, 6.45) is 1.15. The highest BCUT2D eigenvalue weighted by molar-refractivity contribution is 9.11. The van der Waals surface area contributed by atoms with Crippen LogP contribution < -0.4 is 11.1 Å². The van der Waals surface area contributed by atoms with E-state index in [2.05, 4.69) is 57.9 Å². The van der Waals surface area contributed by atoms with Gasteiger partial charge in [0, 0.05) is 21.4 Å². The van der Waals surface area contributed by atoms with Crippen LogP contribution in [0.3, 0.4) is 0 Å². The van der Waals surface area contributed by atoms with E-state index in [4.69, 9.17) is 5.73 Å². The first-order valence-corrected chi connectivity index (χ1v) is 7.76. The minimum atomic E-state index is -0.116. The van der Waals surface area contributed by atoms with Crippen molar-refractivity contribution in [2.45, 2.75) is 39.7 Å². The van der Waals surface area contributed by atoms with E-state index in [1.165, 1.54) is 0 Å². The first kappa shape index (κ1) is 16.7. The smallest absolute Gasteiger partial charge is 0.225 e. The van der Waals surface area contributed by atoms with Gasteiger partial charge in [-0.2, -0.15) is 0 Å². The fourth-order valence-corrected chi connectivity index (χ4v) is 3.04. The molecule has 1 amide bonds. The Hall–Kier alpha value is -0.390. The lowest BCUT2D eigenvalue weighted by molar-refractivity contribution is -0.116. The van der Waals surface area contributed by atoms with Crippen molar-refractivity contribution in [2.24, 2.45) is 11.1 Å². The van der Waals surface area contributed by atoms with Crippen LogP contribution in [0.4, 0.5) is 5.69 Å². The largest absolute Gasteiger partial charge is 0.327 e. The highest BCUT2D eigenvalue weighted by atomic mass is 79.9. The van der Waals surface area contributed by atoms with E-state index in [1.807, 2.05) is 18.2 Å². The Morgan fingerprint density at radius 1 is 1.37 bits per heavy atom. The quantitative estimate of drug-likeness (QED) is 0.803. The van der Waals surface area contributed by atoms with E-state index in [0.29, 0.717) is 6.42 Å². The number of benzene rings is 1. The molecule has 0 aromatic heterocycles. The summed E-state index contributed by atoms with van der Waals surface area (Å²) >= 11 is 6.79. The van der Waals surface area contributed by atoms with Gasteiger partial charge < -0.3 is 11.1 Å². The maximum atomic E-state index is 11.9. The van der Waals surface area contributed by atoms with Gasteiger partial charge in [0.15, 0.2) is 0 Å². The van der Waals surface area contributed by atoms with E-state index < -0.39 is 0 Å². The highest BCUT2D eigenvalue weighted by Crippen LogP contribution is 2.26. The molecule has 0 bridgehead atoms. The van der Waals surface area contributed by atoms with Gasteiger partial charge in [-0.3, -0.25) is 4.79 Å². The van der Waals surface area contributed by atoms with Gasteiger partial charge in [0.2, 0.25) is 5.91 Å². The molecule has 1 rings (SSSR count). The SMILES string of the molecule is CC(C)(C)CC(N)CC(=O)Nc1ccc(Br)cc1Br. The Labute approximate surface area is 131 Å². The molecule has 0 heterocycles.